The molecule has 0 aliphatic heterocycles. The first-order valence-corrected chi connectivity index (χ1v) is 6.86. The second kappa shape index (κ2) is 6.44. The molecule has 0 radical (unpaired) electrons. The van der Waals surface area contributed by atoms with Gasteiger partial charge in [-0.05, 0) is 19.1 Å². The quantitative estimate of drug-likeness (QED) is 0.706. The molecule has 98 valence electrons. The van der Waals surface area contributed by atoms with Crippen LogP contribution in [0.5, 0.6) is 0 Å². The van der Waals surface area contributed by atoms with Gasteiger partial charge in [-0.3, -0.25) is 0 Å². The zero-order valence-corrected chi connectivity index (χ0v) is 11.1. The summed E-state index contributed by atoms with van der Waals surface area (Å²) in [7, 11) is -2.08. The summed E-state index contributed by atoms with van der Waals surface area (Å²) in [6.07, 6.45) is 1.19. The topological polar surface area (TPSA) is 83.3 Å². The van der Waals surface area contributed by atoms with Gasteiger partial charge in [-0.15, -0.1) is 0 Å². The Labute approximate surface area is 107 Å². The van der Waals surface area contributed by atoms with Crippen molar-refractivity contribution < 1.29 is 13.2 Å². The minimum Gasteiger partial charge on any atom is -0.380 e. The average Bonchev–Trinajstić information content (AvgIpc) is 2.39. The van der Waals surface area contributed by atoms with E-state index < -0.39 is 10.0 Å². The van der Waals surface area contributed by atoms with Gasteiger partial charge in [-0.1, -0.05) is 0 Å². The fraction of sp³-hybridized carbons (Fsp3) is 0.455. The van der Waals surface area contributed by atoms with Crippen LogP contribution in [0.1, 0.15) is 12.6 Å². The molecule has 7 heteroatoms. The van der Waals surface area contributed by atoms with Crippen molar-refractivity contribution in [2.24, 2.45) is 0 Å². The van der Waals surface area contributed by atoms with E-state index in [9.17, 15) is 8.42 Å². The number of sulfonamides is 1. The van der Waals surface area contributed by atoms with Gasteiger partial charge in [-0.25, -0.2) is 13.4 Å². The number of nitriles is 1. The Morgan fingerprint density at radius 2 is 2.22 bits per heavy atom. The minimum atomic E-state index is -3.56. The molecule has 0 bridgehead atoms. The maximum atomic E-state index is 12.1. The molecule has 0 fully saturated rings. The van der Waals surface area contributed by atoms with Crippen molar-refractivity contribution in [2.45, 2.75) is 11.8 Å². The fourth-order valence-electron chi connectivity index (χ4n) is 1.24. The normalized spacial score (nSPS) is 11.4. The number of aromatic nitrogens is 1. The number of ether oxygens (including phenoxy) is 1. The van der Waals surface area contributed by atoms with Crippen molar-refractivity contribution in [1.82, 2.24) is 9.29 Å². The van der Waals surface area contributed by atoms with Crippen LogP contribution in [-0.2, 0) is 14.8 Å². The Balaban J connectivity index is 2.81. The van der Waals surface area contributed by atoms with E-state index in [-0.39, 0.29) is 17.1 Å². The zero-order valence-electron chi connectivity index (χ0n) is 10.3. The Morgan fingerprint density at radius 1 is 1.50 bits per heavy atom. The maximum Gasteiger partial charge on any atom is 0.244 e. The Bertz CT molecular complexity index is 519. The van der Waals surface area contributed by atoms with Crippen molar-refractivity contribution in [3.63, 3.8) is 0 Å². The SMILES string of the molecule is CCOCCN(C)S(=O)(=O)c1ccc(C#N)nc1. The first-order valence-electron chi connectivity index (χ1n) is 5.42. The van der Waals surface area contributed by atoms with Gasteiger partial charge in [-0.2, -0.15) is 9.57 Å². The van der Waals surface area contributed by atoms with E-state index in [1.165, 1.54) is 29.7 Å². The van der Waals surface area contributed by atoms with Crippen LogP contribution in [-0.4, -0.2) is 44.5 Å². The van der Waals surface area contributed by atoms with Crippen LogP contribution in [0.25, 0.3) is 0 Å². The summed E-state index contributed by atoms with van der Waals surface area (Å²) >= 11 is 0. The number of hydrogen-bond acceptors (Lipinski definition) is 5. The molecular formula is C11H15N3O3S. The van der Waals surface area contributed by atoms with Crippen LogP contribution >= 0.6 is 0 Å². The molecule has 0 aliphatic rings. The third-order valence-corrected chi connectivity index (χ3v) is 4.15. The molecule has 0 amide bonds. The van der Waals surface area contributed by atoms with Crippen molar-refractivity contribution >= 4 is 10.0 Å². The lowest BCUT2D eigenvalue weighted by Gasteiger charge is -2.16. The van der Waals surface area contributed by atoms with E-state index in [1.807, 2.05) is 13.0 Å². The third kappa shape index (κ3) is 3.50. The van der Waals surface area contributed by atoms with E-state index in [0.29, 0.717) is 13.2 Å². The fourth-order valence-corrected chi connectivity index (χ4v) is 2.34. The molecule has 0 aromatic carbocycles. The van der Waals surface area contributed by atoms with Gasteiger partial charge < -0.3 is 4.74 Å². The van der Waals surface area contributed by atoms with Crippen molar-refractivity contribution in [3.8, 4) is 6.07 Å². The van der Waals surface area contributed by atoms with Gasteiger partial charge >= 0.3 is 0 Å². The molecule has 1 heterocycles. The number of pyridine rings is 1. The molecule has 0 N–H and O–H groups in total. The number of hydrogen-bond donors (Lipinski definition) is 0. The summed E-state index contributed by atoms with van der Waals surface area (Å²) in [5.74, 6) is 0. The van der Waals surface area contributed by atoms with E-state index in [0.717, 1.165) is 0 Å². The molecule has 0 saturated carbocycles. The zero-order chi connectivity index (χ0) is 13.6. The summed E-state index contributed by atoms with van der Waals surface area (Å²) in [6.45, 7) is 3.01. The summed E-state index contributed by atoms with van der Waals surface area (Å²) in [5.41, 5.74) is 0.186. The molecule has 1 aromatic heterocycles. The predicted molar refractivity (Wildman–Crippen MR) is 65.3 cm³/mol. The highest BCUT2D eigenvalue weighted by Crippen LogP contribution is 2.12. The molecule has 0 aliphatic carbocycles. The third-order valence-electron chi connectivity index (χ3n) is 2.31. The largest absolute Gasteiger partial charge is 0.380 e. The van der Waals surface area contributed by atoms with Crippen LogP contribution in [0.15, 0.2) is 23.2 Å². The number of likely N-dealkylation sites (N-methyl/N-ethyl adjacent to an activating group) is 1. The Hall–Kier alpha value is -1.49. The second-order valence-corrected chi connectivity index (χ2v) is 5.56. The highest BCUT2D eigenvalue weighted by atomic mass is 32.2. The van der Waals surface area contributed by atoms with Crippen molar-refractivity contribution in [3.05, 3.63) is 24.0 Å². The van der Waals surface area contributed by atoms with Gasteiger partial charge in [0.25, 0.3) is 0 Å². The molecule has 6 nitrogen and oxygen atoms in total. The first kappa shape index (κ1) is 14.6. The minimum absolute atomic E-state index is 0.0699. The van der Waals surface area contributed by atoms with Gasteiger partial charge in [0, 0.05) is 26.4 Å². The summed E-state index contributed by atoms with van der Waals surface area (Å²) in [5, 5.41) is 8.59. The van der Waals surface area contributed by atoms with Gasteiger partial charge in [0.15, 0.2) is 0 Å². The molecule has 1 rings (SSSR count). The van der Waals surface area contributed by atoms with Crippen LogP contribution in [0.3, 0.4) is 0 Å². The van der Waals surface area contributed by atoms with Gasteiger partial charge in [0.1, 0.15) is 16.7 Å². The van der Waals surface area contributed by atoms with Crippen molar-refractivity contribution in [2.75, 3.05) is 26.8 Å². The standard InChI is InChI=1S/C11H15N3O3S/c1-3-17-7-6-14(2)18(15,16)11-5-4-10(8-12)13-9-11/h4-5,9H,3,6-7H2,1-2H3. The molecule has 0 saturated heterocycles. The lowest BCUT2D eigenvalue weighted by Crippen LogP contribution is -2.30. The molecule has 0 unspecified atom stereocenters. The smallest absolute Gasteiger partial charge is 0.244 e. The molecular weight excluding hydrogens is 254 g/mol. The second-order valence-electron chi connectivity index (χ2n) is 3.51. The maximum absolute atomic E-state index is 12.1. The Morgan fingerprint density at radius 3 is 2.72 bits per heavy atom. The van der Waals surface area contributed by atoms with Crippen LogP contribution in [0.2, 0.25) is 0 Å². The first-order chi connectivity index (χ1) is 8.52. The lowest BCUT2D eigenvalue weighted by molar-refractivity contribution is 0.138. The molecule has 1 aromatic rings. The highest BCUT2D eigenvalue weighted by Gasteiger charge is 2.20. The van der Waals surface area contributed by atoms with Crippen LogP contribution in [0.4, 0.5) is 0 Å². The van der Waals surface area contributed by atoms with E-state index in [1.54, 1.807) is 0 Å². The van der Waals surface area contributed by atoms with E-state index >= 15 is 0 Å². The van der Waals surface area contributed by atoms with Gasteiger partial charge in [0.2, 0.25) is 10.0 Å². The van der Waals surface area contributed by atoms with Gasteiger partial charge in [0.05, 0.1) is 6.61 Å². The molecule has 0 atom stereocenters. The van der Waals surface area contributed by atoms with Crippen molar-refractivity contribution in [1.29, 1.82) is 5.26 Å². The average molecular weight is 269 g/mol. The van der Waals surface area contributed by atoms with Crippen LogP contribution in [0, 0.1) is 11.3 Å². The lowest BCUT2D eigenvalue weighted by atomic mass is 10.4. The summed E-state index contributed by atoms with van der Waals surface area (Å²) in [6, 6.07) is 4.59. The Kier molecular flexibility index (Phi) is 5.22. The summed E-state index contributed by atoms with van der Waals surface area (Å²) < 4.78 is 30.5. The highest BCUT2D eigenvalue weighted by molar-refractivity contribution is 7.89. The number of nitrogens with zero attached hydrogens (tertiary/aromatic N) is 3. The molecule has 18 heavy (non-hydrogen) atoms. The summed E-state index contributed by atoms with van der Waals surface area (Å²) in [4.78, 5) is 3.81. The monoisotopic (exact) mass is 269 g/mol. The van der Waals surface area contributed by atoms with E-state index in [4.69, 9.17) is 10.00 Å². The molecule has 0 spiro atoms. The van der Waals surface area contributed by atoms with Crippen LogP contribution < -0.4 is 0 Å². The van der Waals surface area contributed by atoms with E-state index in [2.05, 4.69) is 4.98 Å². The predicted octanol–water partition coefficient (Wildman–Crippen LogP) is 0.610. The number of rotatable bonds is 6.